The Kier molecular flexibility index (Phi) is 2.60. The maximum atomic E-state index is 13.7. The van der Waals surface area contributed by atoms with Crippen molar-refractivity contribution < 1.29 is 13.9 Å². The fourth-order valence-electron chi connectivity index (χ4n) is 1.79. The van der Waals surface area contributed by atoms with Crippen molar-refractivity contribution >= 4 is 16.6 Å². The number of rotatable bonds is 2. The first-order chi connectivity index (χ1) is 7.65. The van der Waals surface area contributed by atoms with Crippen molar-refractivity contribution in [3.05, 3.63) is 41.7 Å². The van der Waals surface area contributed by atoms with Crippen molar-refractivity contribution in [1.29, 1.82) is 0 Å². The molecule has 0 atom stereocenters. The first-order valence-electron chi connectivity index (χ1n) is 4.91. The van der Waals surface area contributed by atoms with Crippen LogP contribution in [0.4, 0.5) is 4.39 Å². The van der Waals surface area contributed by atoms with Gasteiger partial charge in [0.05, 0.1) is 12.7 Å². The fourth-order valence-corrected chi connectivity index (χ4v) is 1.79. The quantitative estimate of drug-likeness (QED) is 0.723. The topological polar surface area (TPSA) is 26.3 Å². The number of carbonyl (C=O) groups is 1. The molecule has 2 aromatic rings. The van der Waals surface area contributed by atoms with E-state index in [9.17, 15) is 9.18 Å². The molecule has 2 rings (SSSR count). The lowest BCUT2D eigenvalue weighted by Crippen LogP contribution is -2.00. The van der Waals surface area contributed by atoms with Gasteiger partial charge in [-0.1, -0.05) is 24.3 Å². The highest BCUT2D eigenvalue weighted by Crippen LogP contribution is 2.31. The average Bonchev–Trinajstić information content (AvgIpc) is 2.29. The SMILES string of the molecule is COc1c(C(C)=O)cc(F)c2ccccc12. The van der Waals surface area contributed by atoms with Crippen LogP contribution in [0.2, 0.25) is 0 Å². The first kappa shape index (κ1) is 10.6. The Labute approximate surface area is 92.6 Å². The maximum absolute atomic E-state index is 13.7. The Hall–Kier alpha value is -1.90. The lowest BCUT2D eigenvalue weighted by atomic mass is 10.0. The molecule has 0 aliphatic rings. The van der Waals surface area contributed by atoms with E-state index in [4.69, 9.17) is 4.74 Å². The third-order valence-electron chi connectivity index (χ3n) is 2.53. The van der Waals surface area contributed by atoms with Gasteiger partial charge in [0.15, 0.2) is 5.78 Å². The summed E-state index contributed by atoms with van der Waals surface area (Å²) in [6.45, 7) is 1.39. The van der Waals surface area contributed by atoms with E-state index in [2.05, 4.69) is 0 Å². The number of hydrogen-bond acceptors (Lipinski definition) is 2. The Morgan fingerprint density at radius 1 is 1.25 bits per heavy atom. The van der Waals surface area contributed by atoms with E-state index < -0.39 is 5.82 Å². The molecule has 0 amide bonds. The van der Waals surface area contributed by atoms with Crippen LogP contribution in [-0.2, 0) is 0 Å². The highest BCUT2D eigenvalue weighted by atomic mass is 19.1. The molecule has 0 bridgehead atoms. The predicted molar refractivity (Wildman–Crippen MR) is 60.5 cm³/mol. The van der Waals surface area contributed by atoms with Crippen molar-refractivity contribution in [2.24, 2.45) is 0 Å². The van der Waals surface area contributed by atoms with E-state index in [0.29, 0.717) is 16.5 Å². The average molecular weight is 218 g/mol. The van der Waals surface area contributed by atoms with Gasteiger partial charge < -0.3 is 4.74 Å². The van der Waals surface area contributed by atoms with Gasteiger partial charge in [0.2, 0.25) is 0 Å². The molecule has 0 unspecified atom stereocenters. The van der Waals surface area contributed by atoms with Crippen LogP contribution in [0.5, 0.6) is 5.75 Å². The van der Waals surface area contributed by atoms with Crippen molar-refractivity contribution in [3.63, 3.8) is 0 Å². The second-order valence-corrected chi connectivity index (χ2v) is 3.54. The number of Topliss-reactive ketones (excluding diaryl/α,β-unsaturated/α-hetero) is 1. The summed E-state index contributed by atoms with van der Waals surface area (Å²) in [5.41, 5.74) is 0.277. The molecular formula is C13H11FO2. The van der Waals surface area contributed by atoms with Gasteiger partial charge in [-0.2, -0.15) is 0 Å². The molecule has 2 aromatic carbocycles. The van der Waals surface area contributed by atoms with Crippen molar-refractivity contribution in [3.8, 4) is 5.75 Å². The van der Waals surface area contributed by atoms with Gasteiger partial charge in [0.25, 0.3) is 0 Å². The van der Waals surface area contributed by atoms with E-state index >= 15 is 0 Å². The number of carbonyl (C=O) groups excluding carboxylic acids is 1. The lowest BCUT2D eigenvalue weighted by molar-refractivity contribution is 0.101. The van der Waals surface area contributed by atoms with Crippen LogP contribution in [0.3, 0.4) is 0 Å². The lowest BCUT2D eigenvalue weighted by Gasteiger charge is -2.10. The van der Waals surface area contributed by atoms with Crippen LogP contribution in [0.25, 0.3) is 10.8 Å². The Morgan fingerprint density at radius 3 is 2.44 bits per heavy atom. The van der Waals surface area contributed by atoms with Crippen molar-refractivity contribution in [2.75, 3.05) is 7.11 Å². The molecule has 0 N–H and O–H groups in total. The number of halogens is 1. The van der Waals surface area contributed by atoms with Gasteiger partial charge in [-0.05, 0) is 13.0 Å². The first-order valence-corrected chi connectivity index (χ1v) is 4.91. The minimum atomic E-state index is -0.401. The van der Waals surface area contributed by atoms with Gasteiger partial charge in [-0.3, -0.25) is 4.79 Å². The minimum Gasteiger partial charge on any atom is -0.495 e. The van der Waals surface area contributed by atoms with Crippen LogP contribution < -0.4 is 4.74 Å². The molecule has 0 aliphatic carbocycles. The minimum absolute atomic E-state index is 0.207. The highest BCUT2D eigenvalue weighted by Gasteiger charge is 2.15. The number of methoxy groups -OCH3 is 1. The zero-order valence-electron chi connectivity index (χ0n) is 9.08. The molecule has 0 aromatic heterocycles. The zero-order chi connectivity index (χ0) is 11.7. The summed E-state index contributed by atoms with van der Waals surface area (Å²) in [5.74, 6) is -0.174. The van der Waals surface area contributed by atoms with E-state index in [-0.39, 0.29) is 11.3 Å². The summed E-state index contributed by atoms with van der Waals surface area (Å²) in [7, 11) is 1.48. The Morgan fingerprint density at radius 2 is 1.88 bits per heavy atom. The van der Waals surface area contributed by atoms with Gasteiger partial charge in [-0.25, -0.2) is 4.39 Å². The summed E-state index contributed by atoms with van der Waals surface area (Å²) >= 11 is 0. The van der Waals surface area contributed by atoms with E-state index in [1.165, 1.54) is 20.1 Å². The highest BCUT2D eigenvalue weighted by molar-refractivity contribution is 6.03. The normalized spacial score (nSPS) is 10.4. The predicted octanol–water partition coefficient (Wildman–Crippen LogP) is 3.19. The Balaban J connectivity index is 2.90. The molecule has 0 spiro atoms. The van der Waals surface area contributed by atoms with E-state index in [0.717, 1.165) is 0 Å². The summed E-state index contributed by atoms with van der Waals surface area (Å²) in [4.78, 5) is 11.4. The zero-order valence-corrected chi connectivity index (χ0v) is 9.08. The van der Waals surface area contributed by atoms with Crippen LogP contribution >= 0.6 is 0 Å². The van der Waals surface area contributed by atoms with Gasteiger partial charge in [0.1, 0.15) is 11.6 Å². The Bertz CT molecular complexity index is 561. The monoisotopic (exact) mass is 218 g/mol. The molecule has 3 heteroatoms. The summed E-state index contributed by atoms with van der Waals surface area (Å²) < 4.78 is 18.9. The van der Waals surface area contributed by atoms with Crippen molar-refractivity contribution in [1.82, 2.24) is 0 Å². The summed E-state index contributed by atoms with van der Waals surface area (Å²) in [5, 5.41) is 1.08. The largest absolute Gasteiger partial charge is 0.495 e. The number of ether oxygens (including phenoxy) is 1. The second kappa shape index (κ2) is 3.93. The van der Waals surface area contributed by atoms with Crippen LogP contribution in [0.15, 0.2) is 30.3 Å². The standard InChI is InChI=1S/C13H11FO2/c1-8(15)11-7-12(14)9-5-3-4-6-10(9)13(11)16-2/h3-7H,1-2H3. The molecule has 16 heavy (non-hydrogen) atoms. The second-order valence-electron chi connectivity index (χ2n) is 3.54. The molecule has 0 heterocycles. The van der Waals surface area contributed by atoms with Gasteiger partial charge in [0, 0.05) is 10.8 Å². The molecule has 0 aliphatic heterocycles. The molecule has 0 radical (unpaired) electrons. The van der Waals surface area contributed by atoms with E-state index in [1.807, 2.05) is 0 Å². The van der Waals surface area contributed by atoms with Crippen LogP contribution in [0.1, 0.15) is 17.3 Å². The molecule has 0 saturated heterocycles. The molecular weight excluding hydrogens is 207 g/mol. The summed E-state index contributed by atoms with van der Waals surface area (Å²) in [6.07, 6.45) is 0. The molecule has 0 saturated carbocycles. The van der Waals surface area contributed by atoms with Gasteiger partial charge >= 0.3 is 0 Å². The molecule has 2 nitrogen and oxygen atoms in total. The maximum Gasteiger partial charge on any atom is 0.163 e. The summed E-state index contributed by atoms with van der Waals surface area (Å²) in [6, 6.07) is 8.16. The third-order valence-corrected chi connectivity index (χ3v) is 2.53. The van der Waals surface area contributed by atoms with Crippen LogP contribution in [-0.4, -0.2) is 12.9 Å². The van der Waals surface area contributed by atoms with Crippen molar-refractivity contribution in [2.45, 2.75) is 6.92 Å². The number of hydrogen-bond donors (Lipinski definition) is 0. The third kappa shape index (κ3) is 1.54. The van der Waals surface area contributed by atoms with Crippen LogP contribution in [0, 0.1) is 5.82 Å². The number of ketones is 1. The molecule has 0 fully saturated rings. The smallest absolute Gasteiger partial charge is 0.163 e. The van der Waals surface area contributed by atoms with Gasteiger partial charge in [-0.15, -0.1) is 0 Å². The molecule has 82 valence electrons. The van der Waals surface area contributed by atoms with E-state index in [1.54, 1.807) is 24.3 Å². The number of benzene rings is 2. The fraction of sp³-hybridized carbons (Fsp3) is 0.154. The number of fused-ring (bicyclic) bond motifs is 1.